The molecule has 0 saturated heterocycles. The molecule has 0 aromatic heterocycles. The van der Waals surface area contributed by atoms with Gasteiger partial charge in [0.2, 0.25) is 0 Å². The standard InChI is InChI=1S/C8H8N2Se/c1-6-4-7(10)2-3-8(6)11-5-9/h2-4H,10H2,1H3. The molecule has 0 radical (unpaired) electrons. The van der Waals surface area contributed by atoms with E-state index in [1.807, 2.05) is 25.1 Å². The second-order valence-electron chi connectivity index (χ2n) is 2.22. The number of benzene rings is 1. The average molecular weight is 211 g/mol. The number of aryl methyl sites for hydroxylation is 1. The quantitative estimate of drug-likeness (QED) is 0.539. The van der Waals surface area contributed by atoms with Crippen LogP contribution in [0.25, 0.3) is 0 Å². The van der Waals surface area contributed by atoms with Crippen LogP contribution in [0.5, 0.6) is 0 Å². The fraction of sp³-hybridized carbons (Fsp3) is 0.125. The van der Waals surface area contributed by atoms with E-state index in [1.54, 1.807) is 0 Å². The van der Waals surface area contributed by atoms with Crippen molar-refractivity contribution in [3.05, 3.63) is 23.8 Å². The van der Waals surface area contributed by atoms with Crippen molar-refractivity contribution in [1.29, 1.82) is 5.26 Å². The topological polar surface area (TPSA) is 49.8 Å². The van der Waals surface area contributed by atoms with Gasteiger partial charge in [0.1, 0.15) is 0 Å². The van der Waals surface area contributed by atoms with Crippen LogP contribution in [0.2, 0.25) is 0 Å². The number of nitriles is 1. The molecular formula is C8H8N2Se. The normalized spacial score (nSPS) is 9.09. The van der Waals surface area contributed by atoms with Crippen molar-refractivity contribution in [2.45, 2.75) is 6.92 Å². The van der Waals surface area contributed by atoms with Crippen LogP contribution in [-0.2, 0) is 0 Å². The predicted molar refractivity (Wildman–Crippen MR) is 46.6 cm³/mol. The predicted octanol–water partition coefficient (Wildman–Crippen LogP) is 0.388. The number of nitrogen functional groups attached to an aromatic ring is 1. The van der Waals surface area contributed by atoms with Crippen LogP contribution in [0, 0.1) is 17.2 Å². The van der Waals surface area contributed by atoms with Gasteiger partial charge < -0.3 is 0 Å². The van der Waals surface area contributed by atoms with E-state index in [0.717, 1.165) is 15.7 Å². The summed E-state index contributed by atoms with van der Waals surface area (Å²) < 4.78 is 1.12. The molecule has 3 heteroatoms. The first-order valence-electron chi connectivity index (χ1n) is 3.16. The zero-order valence-corrected chi connectivity index (χ0v) is 7.88. The molecule has 0 heterocycles. The summed E-state index contributed by atoms with van der Waals surface area (Å²) in [5.41, 5.74) is 7.43. The molecule has 2 N–H and O–H groups in total. The molecule has 0 saturated carbocycles. The van der Waals surface area contributed by atoms with E-state index in [0.29, 0.717) is 0 Å². The van der Waals surface area contributed by atoms with Gasteiger partial charge >= 0.3 is 71.8 Å². The van der Waals surface area contributed by atoms with E-state index < -0.39 is 0 Å². The minimum absolute atomic E-state index is 0.0578. The Morgan fingerprint density at radius 2 is 2.27 bits per heavy atom. The van der Waals surface area contributed by atoms with Crippen molar-refractivity contribution < 1.29 is 0 Å². The van der Waals surface area contributed by atoms with Gasteiger partial charge in [0.25, 0.3) is 0 Å². The molecule has 0 unspecified atom stereocenters. The average Bonchev–Trinajstić information content (AvgIpc) is 1.95. The van der Waals surface area contributed by atoms with Crippen molar-refractivity contribution >= 4 is 25.1 Å². The summed E-state index contributed by atoms with van der Waals surface area (Å²) in [5, 5.41) is 8.46. The van der Waals surface area contributed by atoms with Crippen molar-refractivity contribution in [2.75, 3.05) is 5.73 Å². The third kappa shape index (κ3) is 1.98. The molecule has 1 aromatic carbocycles. The van der Waals surface area contributed by atoms with Gasteiger partial charge in [0.15, 0.2) is 0 Å². The Labute approximate surface area is 72.2 Å². The second kappa shape index (κ2) is 3.43. The first-order chi connectivity index (χ1) is 5.24. The number of hydrogen-bond acceptors (Lipinski definition) is 2. The molecule has 0 amide bonds. The van der Waals surface area contributed by atoms with E-state index >= 15 is 0 Å². The van der Waals surface area contributed by atoms with E-state index in [4.69, 9.17) is 11.0 Å². The molecule has 2 nitrogen and oxygen atoms in total. The minimum atomic E-state index is -0.0578. The third-order valence-electron chi connectivity index (χ3n) is 1.35. The Bertz CT molecular complexity index is 301. The first-order valence-corrected chi connectivity index (χ1v) is 4.87. The molecule has 0 aliphatic carbocycles. The van der Waals surface area contributed by atoms with E-state index in [1.165, 1.54) is 0 Å². The molecular weight excluding hydrogens is 203 g/mol. The van der Waals surface area contributed by atoms with Gasteiger partial charge in [0, 0.05) is 0 Å². The molecule has 0 atom stereocenters. The van der Waals surface area contributed by atoms with Gasteiger partial charge in [-0.2, -0.15) is 0 Å². The fourth-order valence-electron chi connectivity index (χ4n) is 0.836. The Hall–Kier alpha value is -0.971. The van der Waals surface area contributed by atoms with Crippen molar-refractivity contribution in [1.82, 2.24) is 0 Å². The van der Waals surface area contributed by atoms with Crippen molar-refractivity contribution in [3.8, 4) is 4.97 Å². The molecule has 56 valence electrons. The van der Waals surface area contributed by atoms with Crippen molar-refractivity contribution in [2.24, 2.45) is 0 Å². The molecule has 0 aliphatic rings. The Morgan fingerprint density at radius 3 is 2.82 bits per heavy atom. The van der Waals surface area contributed by atoms with E-state index in [9.17, 15) is 0 Å². The summed E-state index contributed by atoms with van der Waals surface area (Å²) >= 11 is -0.0578. The first kappa shape index (κ1) is 8.13. The summed E-state index contributed by atoms with van der Waals surface area (Å²) in [4.78, 5) is 2.17. The van der Waals surface area contributed by atoms with Crippen LogP contribution >= 0.6 is 0 Å². The summed E-state index contributed by atoms with van der Waals surface area (Å²) in [7, 11) is 0. The molecule has 0 aliphatic heterocycles. The molecule has 0 bridgehead atoms. The van der Waals surface area contributed by atoms with Crippen LogP contribution in [0.1, 0.15) is 5.56 Å². The Morgan fingerprint density at radius 1 is 1.55 bits per heavy atom. The maximum atomic E-state index is 8.46. The van der Waals surface area contributed by atoms with Crippen molar-refractivity contribution in [3.63, 3.8) is 0 Å². The third-order valence-corrected chi connectivity index (χ3v) is 2.97. The van der Waals surface area contributed by atoms with Gasteiger partial charge in [-0.1, -0.05) is 0 Å². The van der Waals surface area contributed by atoms with Gasteiger partial charge in [-0.05, 0) is 0 Å². The van der Waals surface area contributed by atoms with Crippen LogP contribution in [0.15, 0.2) is 18.2 Å². The SMILES string of the molecule is Cc1cc(N)ccc1[Se]C#N. The summed E-state index contributed by atoms with van der Waals surface area (Å²) in [6.45, 7) is 1.98. The van der Waals surface area contributed by atoms with Crippen LogP contribution < -0.4 is 10.2 Å². The van der Waals surface area contributed by atoms with E-state index in [2.05, 4.69) is 4.97 Å². The molecule has 11 heavy (non-hydrogen) atoms. The van der Waals surface area contributed by atoms with Crippen LogP contribution in [-0.4, -0.2) is 15.0 Å². The second-order valence-corrected chi connectivity index (χ2v) is 3.95. The number of nitrogens with two attached hydrogens (primary N) is 1. The summed E-state index contributed by atoms with van der Waals surface area (Å²) in [6, 6.07) is 5.66. The zero-order chi connectivity index (χ0) is 8.27. The number of anilines is 1. The molecule has 0 spiro atoms. The summed E-state index contributed by atoms with van der Waals surface area (Å²) in [5.74, 6) is 0. The van der Waals surface area contributed by atoms with Gasteiger partial charge in [-0.3, -0.25) is 0 Å². The summed E-state index contributed by atoms with van der Waals surface area (Å²) in [6.07, 6.45) is 0. The number of nitrogens with zero attached hydrogens (tertiary/aromatic N) is 1. The zero-order valence-electron chi connectivity index (χ0n) is 6.16. The molecule has 1 rings (SSSR count). The van der Waals surface area contributed by atoms with Gasteiger partial charge in [-0.25, -0.2) is 0 Å². The monoisotopic (exact) mass is 212 g/mol. The molecule has 0 fully saturated rings. The maximum absolute atomic E-state index is 8.46. The fourth-order valence-corrected chi connectivity index (χ4v) is 1.79. The van der Waals surface area contributed by atoms with Gasteiger partial charge in [0.05, 0.1) is 0 Å². The van der Waals surface area contributed by atoms with Gasteiger partial charge in [-0.15, -0.1) is 0 Å². The van der Waals surface area contributed by atoms with E-state index in [-0.39, 0.29) is 15.0 Å². The Kier molecular flexibility index (Phi) is 2.53. The number of hydrogen-bond donors (Lipinski definition) is 1. The number of rotatable bonds is 1. The molecule has 1 aromatic rings. The Balaban J connectivity index is 3.01. The van der Waals surface area contributed by atoms with Crippen LogP contribution in [0.3, 0.4) is 0 Å². The van der Waals surface area contributed by atoms with Crippen LogP contribution in [0.4, 0.5) is 5.69 Å².